The number of aliphatic carboxylic acids is 1. The first kappa shape index (κ1) is 17.3. The van der Waals surface area contributed by atoms with E-state index in [1.54, 1.807) is 6.92 Å². The lowest BCUT2D eigenvalue weighted by Gasteiger charge is -2.33. The Balaban J connectivity index is 2.70. The van der Waals surface area contributed by atoms with E-state index in [9.17, 15) is 24.8 Å². The molecule has 0 saturated carbocycles. The highest BCUT2D eigenvalue weighted by Crippen LogP contribution is 2.40. The van der Waals surface area contributed by atoms with Crippen LogP contribution in [-0.2, 0) is 14.3 Å². The van der Waals surface area contributed by atoms with Gasteiger partial charge >= 0.3 is 5.97 Å². The predicted molar refractivity (Wildman–Crippen MR) is 82.2 cm³/mol. The predicted octanol–water partition coefficient (Wildman–Crippen LogP) is 0.966. The van der Waals surface area contributed by atoms with Crippen molar-refractivity contribution in [2.75, 3.05) is 7.11 Å². The second kappa shape index (κ2) is 6.61. The lowest BCUT2D eigenvalue weighted by molar-refractivity contribution is -0.384. The maximum atomic E-state index is 12.2. The summed E-state index contributed by atoms with van der Waals surface area (Å²) in [6, 6.07) is 5.50. The minimum absolute atomic E-state index is 0.0535. The molecule has 0 N–H and O–H groups in total. The number of ether oxygens (including phenoxy) is 1. The third-order valence-electron chi connectivity index (χ3n) is 3.93. The normalized spacial score (nSPS) is 20.4. The lowest BCUT2D eigenvalue weighted by Crippen LogP contribution is -2.42. The molecular weight excluding hydrogens is 316 g/mol. The zero-order valence-electron chi connectivity index (χ0n) is 13.3. The molecule has 0 radical (unpaired) electrons. The van der Waals surface area contributed by atoms with Gasteiger partial charge in [-0.15, -0.1) is 0 Å². The summed E-state index contributed by atoms with van der Waals surface area (Å²) in [5.74, 6) is -4.34. The summed E-state index contributed by atoms with van der Waals surface area (Å²) in [6.45, 7) is 3.08. The highest BCUT2D eigenvalue weighted by molar-refractivity contribution is 6.06. The highest BCUT2D eigenvalue weighted by Gasteiger charge is 2.38. The number of carbonyl (C=O) groups excluding carboxylic acids is 2. The number of hydrogen-bond donors (Lipinski definition) is 0. The fraction of sp³-hybridized carbons (Fsp3) is 0.312. The number of hydrogen-bond acceptors (Lipinski definition) is 7. The molecule has 8 nitrogen and oxygen atoms in total. The van der Waals surface area contributed by atoms with Crippen LogP contribution in [0.25, 0.3) is 0 Å². The number of rotatable bonds is 4. The van der Waals surface area contributed by atoms with Gasteiger partial charge in [-0.1, -0.05) is 12.1 Å². The van der Waals surface area contributed by atoms with E-state index >= 15 is 0 Å². The van der Waals surface area contributed by atoms with Gasteiger partial charge in [0.05, 0.1) is 23.6 Å². The minimum atomic E-state index is -1.42. The average Bonchev–Trinajstić information content (AvgIpc) is 2.53. The van der Waals surface area contributed by atoms with Gasteiger partial charge in [0, 0.05) is 35.4 Å². The van der Waals surface area contributed by atoms with Crippen molar-refractivity contribution in [3.8, 4) is 0 Å². The Morgan fingerprint density at radius 1 is 1.29 bits per heavy atom. The second-order valence-corrected chi connectivity index (χ2v) is 5.37. The minimum Gasteiger partial charge on any atom is -0.549 e. The summed E-state index contributed by atoms with van der Waals surface area (Å²) in [4.78, 5) is 38.3. The number of benzene rings is 1. The Bertz CT molecular complexity index is 781. The molecule has 1 aromatic carbocycles. The van der Waals surface area contributed by atoms with Gasteiger partial charge in [-0.2, -0.15) is 0 Å². The van der Waals surface area contributed by atoms with Crippen LogP contribution in [0.3, 0.4) is 0 Å². The third-order valence-corrected chi connectivity index (χ3v) is 3.93. The van der Waals surface area contributed by atoms with Gasteiger partial charge in [0.25, 0.3) is 5.69 Å². The quantitative estimate of drug-likeness (QED) is 0.460. The number of carbonyl (C=O) groups is 2. The largest absolute Gasteiger partial charge is 0.549 e. The summed E-state index contributed by atoms with van der Waals surface area (Å²) in [5, 5.41) is 22.6. The molecule has 0 aromatic heterocycles. The van der Waals surface area contributed by atoms with Gasteiger partial charge < -0.3 is 14.6 Å². The number of nitro groups is 1. The van der Waals surface area contributed by atoms with E-state index in [1.807, 2.05) is 0 Å². The zero-order valence-corrected chi connectivity index (χ0v) is 13.3. The number of nitrogens with zero attached hydrogens (tertiary/aromatic N) is 2. The molecule has 0 fully saturated rings. The molecule has 1 heterocycles. The Labute approximate surface area is 137 Å². The second-order valence-electron chi connectivity index (χ2n) is 5.37. The van der Waals surface area contributed by atoms with Gasteiger partial charge in [-0.3, -0.25) is 15.1 Å². The molecule has 0 amide bonds. The van der Waals surface area contributed by atoms with Gasteiger partial charge in [0.1, 0.15) is 0 Å². The molecule has 2 rings (SSSR count). The molecule has 1 unspecified atom stereocenters. The van der Waals surface area contributed by atoms with Crippen molar-refractivity contribution in [1.29, 1.82) is 0 Å². The summed E-state index contributed by atoms with van der Waals surface area (Å²) in [7, 11) is 1.17. The van der Waals surface area contributed by atoms with Gasteiger partial charge in [-0.05, 0) is 19.4 Å². The zero-order chi connectivity index (χ0) is 18.0. The molecular formula is C16H15N2O6-. The van der Waals surface area contributed by atoms with E-state index in [4.69, 9.17) is 4.74 Å². The summed E-state index contributed by atoms with van der Waals surface area (Å²) in [6.07, 6.45) is 0. The molecule has 0 aliphatic carbocycles. The van der Waals surface area contributed by atoms with Crippen LogP contribution in [0.4, 0.5) is 5.69 Å². The molecule has 126 valence electrons. The summed E-state index contributed by atoms with van der Waals surface area (Å²) in [5.41, 5.74) is 0.738. The first-order valence-corrected chi connectivity index (χ1v) is 7.07. The molecule has 8 heteroatoms. The fourth-order valence-corrected chi connectivity index (χ4v) is 2.91. The number of non-ortho nitro benzene ring substituents is 1. The summed E-state index contributed by atoms with van der Waals surface area (Å²) < 4.78 is 4.74. The van der Waals surface area contributed by atoms with E-state index < -0.39 is 28.7 Å². The van der Waals surface area contributed by atoms with Crippen LogP contribution in [0, 0.1) is 16.0 Å². The Morgan fingerprint density at radius 2 is 1.96 bits per heavy atom. The van der Waals surface area contributed by atoms with Crippen LogP contribution >= 0.6 is 0 Å². The van der Waals surface area contributed by atoms with Crippen LogP contribution in [0.15, 0.2) is 40.5 Å². The number of methoxy groups -OCH3 is 1. The molecule has 24 heavy (non-hydrogen) atoms. The van der Waals surface area contributed by atoms with Crippen molar-refractivity contribution in [3.05, 3.63) is 51.2 Å². The van der Waals surface area contributed by atoms with Crippen molar-refractivity contribution in [1.82, 2.24) is 0 Å². The van der Waals surface area contributed by atoms with E-state index in [0.29, 0.717) is 11.3 Å². The molecule has 2 atom stereocenters. The maximum absolute atomic E-state index is 12.2. The third kappa shape index (κ3) is 3.03. The fourth-order valence-electron chi connectivity index (χ4n) is 2.91. The van der Waals surface area contributed by atoms with Crippen LogP contribution in [-0.4, -0.2) is 29.7 Å². The van der Waals surface area contributed by atoms with Crippen molar-refractivity contribution in [2.24, 2.45) is 10.9 Å². The van der Waals surface area contributed by atoms with E-state index in [2.05, 4.69) is 4.99 Å². The van der Waals surface area contributed by atoms with Crippen LogP contribution in [0.2, 0.25) is 0 Å². The lowest BCUT2D eigenvalue weighted by atomic mass is 9.75. The first-order valence-electron chi connectivity index (χ1n) is 7.07. The topological polar surface area (TPSA) is 122 Å². The van der Waals surface area contributed by atoms with E-state index in [-0.39, 0.29) is 17.0 Å². The number of nitro benzene ring substituents is 1. The van der Waals surface area contributed by atoms with Gasteiger partial charge in [0.15, 0.2) is 0 Å². The molecule has 1 aliphatic heterocycles. The molecule has 0 spiro atoms. The van der Waals surface area contributed by atoms with Crippen molar-refractivity contribution in [3.63, 3.8) is 0 Å². The van der Waals surface area contributed by atoms with Crippen molar-refractivity contribution >= 4 is 23.3 Å². The van der Waals surface area contributed by atoms with E-state index in [1.165, 1.54) is 38.3 Å². The van der Waals surface area contributed by atoms with Crippen molar-refractivity contribution < 1.29 is 24.4 Å². The number of esters is 1. The van der Waals surface area contributed by atoms with Crippen LogP contribution in [0.1, 0.15) is 25.3 Å². The van der Waals surface area contributed by atoms with Gasteiger partial charge in [-0.25, -0.2) is 4.79 Å². The standard InChI is InChI=1S/C16H16N2O6/c1-8-12(15(19)20)14(13(9(2)17-8)16(21)24-3)10-5-4-6-11(7-10)18(22)23/h4-7,12,14H,1-3H3,(H,19,20)/p-1/t12?,14-/m0/s1. The molecule has 1 aliphatic rings. The first-order chi connectivity index (χ1) is 11.3. The van der Waals surface area contributed by atoms with Crippen LogP contribution in [0.5, 0.6) is 0 Å². The maximum Gasteiger partial charge on any atom is 0.336 e. The van der Waals surface area contributed by atoms with Gasteiger partial charge in [0.2, 0.25) is 0 Å². The smallest absolute Gasteiger partial charge is 0.336 e. The average molecular weight is 331 g/mol. The SMILES string of the molecule is COC(=O)C1=C(C)N=C(C)C(C(=O)[O-])[C@@H]1c1cccc([N+](=O)[O-])c1. The molecule has 0 bridgehead atoms. The Morgan fingerprint density at radius 3 is 2.50 bits per heavy atom. The van der Waals surface area contributed by atoms with Crippen molar-refractivity contribution in [2.45, 2.75) is 19.8 Å². The Hall–Kier alpha value is -3.03. The molecule has 1 aromatic rings. The van der Waals surface area contributed by atoms with Crippen LogP contribution < -0.4 is 5.11 Å². The number of aliphatic imine (C=N–C) groups is 1. The molecule has 0 saturated heterocycles. The highest BCUT2D eigenvalue weighted by atomic mass is 16.6. The summed E-state index contributed by atoms with van der Waals surface area (Å²) >= 11 is 0. The Kier molecular flexibility index (Phi) is 4.77. The number of carboxylic acids is 1. The number of allylic oxidation sites excluding steroid dienone is 1. The number of carboxylic acid groups (broad SMARTS) is 1. The van der Waals surface area contributed by atoms with E-state index in [0.717, 1.165) is 0 Å². The monoisotopic (exact) mass is 331 g/mol.